The summed E-state index contributed by atoms with van der Waals surface area (Å²) in [5.41, 5.74) is 3.26. The Morgan fingerprint density at radius 1 is 1.09 bits per heavy atom. The van der Waals surface area contributed by atoms with Gasteiger partial charge in [-0.15, -0.1) is 0 Å². The molecule has 0 bridgehead atoms. The third kappa shape index (κ3) is 4.09. The second kappa shape index (κ2) is 8.08. The SMILES string of the molecule is N#CC1(c2ccc(-c3cc4c(NC5CCSCC5)cccc4n3CC(F)(F)F)cc2)CC1. The van der Waals surface area contributed by atoms with Gasteiger partial charge in [-0.05, 0) is 66.5 Å². The Morgan fingerprint density at radius 3 is 2.44 bits per heavy atom. The van der Waals surface area contributed by atoms with Crippen LogP contribution in [0.3, 0.4) is 0 Å². The zero-order valence-electron chi connectivity index (χ0n) is 17.6. The van der Waals surface area contributed by atoms with Crippen LogP contribution in [-0.4, -0.2) is 28.3 Å². The molecule has 3 nitrogen and oxygen atoms in total. The number of halogens is 3. The first-order chi connectivity index (χ1) is 15.4. The Labute approximate surface area is 189 Å². The van der Waals surface area contributed by atoms with Crippen molar-refractivity contribution in [1.29, 1.82) is 5.26 Å². The summed E-state index contributed by atoms with van der Waals surface area (Å²) in [6.45, 7) is -1.04. The molecule has 2 fully saturated rings. The number of hydrogen-bond donors (Lipinski definition) is 1. The predicted octanol–water partition coefficient (Wildman–Crippen LogP) is 6.73. The van der Waals surface area contributed by atoms with Gasteiger partial charge < -0.3 is 9.88 Å². The lowest BCUT2D eigenvalue weighted by Gasteiger charge is -2.24. The van der Waals surface area contributed by atoms with Gasteiger partial charge in [-0.2, -0.15) is 30.2 Å². The molecule has 2 aromatic carbocycles. The van der Waals surface area contributed by atoms with Crippen LogP contribution < -0.4 is 5.32 Å². The highest BCUT2D eigenvalue weighted by Crippen LogP contribution is 2.48. The van der Waals surface area contributed by atoms with Crippen molar-refractivity contribution in [1.82, 2.24) is 4.57 Å². The van der Waals surface area contributed by atoms with E-state index < -0.39 is 18.1 Å². The molecule has 1 saturated carbocycles. The van der Waals surface area contributed by atoms with E-state index >= 15 is 0 Å². The van der Waals surface area contributed by atoms with E-state index in [1.165, 1.54) is 4.57 Å². The van der Waals surface area contributed by atoms with Gasteiger partial charge in [-0.3, -0.25) is 0 Å². The summed E-state index contributed by atoms with van der Waals surface area (Å²) in [4.78, 5) is 0. The maximum Gasteiger partial charge on any atom is 0.406 e. The first-order valence-corrected chi connectivity index (χ1v) is 12.1. The fraction of sp³-hybridized carbons (Fsp3) is 0.400. The van der Waals surface area contributed by atoms with Gasteiger partial charge in [0.2, 0.25) is 0 Å². The van der Waals surface area contributed by atoms with Crippen molar-refractivity contribution in [3.63, 3.8) is 0 Å². The molecule has 7 heteroatoms. The number of hydrogen-bond acceptors (Lipinski definition) is 3. The molecule has 1 aromatic heterocycles. The van der Waals surface area contributed by atoms with Crippen LogP contribution in [0.2, 0.25) is 0 Å². The minimum Gasteiger partial charge on any atom is -0.382 e. The molecule has 0 radical (unpaired) electrons. The number of thioether (sulfide) groups is 1. The summed E-state index contributed by atoms with van der Waals surface area (Å²) in [6, 6.07) is 17.6. The van der Waals surface area contributed by atoms with Crippen LogP contribution in [0.15, 0.2) is 48.5 Å². The molecule has 0 unspecified atom stereocenters. The molecule has 2 aliphatic rings. The zero-order valence-corrected chi connectivity index (χ0v) is 18.4. The molecular weight excluding hydrogens is 431 g/mol. The molecular formula is C25H24F3N3S. The normalized spacial score (nSPS) is 18.4. The third-order valence-electron chi connectivity index (χ3n) is 6.56. The summed E-state index contributed by atoms with van der Waals surface area (Å²) in [6.07, 6.45) is -0.542. The molecule has 32 heavy (non-hydrogen) atoms. The largest absolute Gasteiger partial charge is 0.406 e. The zero-order chi connectivity index (χ0) is 22.3. The van der Waals surface area contributed by atoms with Crippen molar-refractivity contribution in [2.45, 2.75) is 49.9 Å². The van der Waals surface area contributed by atoms with Gasteiger partial charge in [0, 0.05) is 22.8 Å². The number of anilines is 1. The fourth-order valence-electron chi connectivity index (χ4n) is 4.61. The van der Waals surface area contributed by atoms with E-state index in [0.717, 1.165) is 59.4 Å². The van der Waals surface area contributed by atoms with Gasteiger partial charge in [0.25, 0.3) is 0 Å². The monoisotopic (exact) mass is 455 g/mol. The Morgan fingerprint density at radius 2 is 1.81 bits per heavy atom. The summed E-state index contributed by atoms with van der Waals surface area (Å²) < 4.78 is 41.9. The maximum atomic E-state index is 13.5. The highest BCUT2D eigenvalue weighted by atomic mass is 32.2. The minimum atomic E-state index is -4.33. The van der Waals surface area contributed by atoms with Crippen LogP contribution in [0.25, 0.3) is 22.2 Å². The highest BCUT2D eigenvalue weighted by Gasteiger charge is 2.44. The molecule has 5 rings (SSSR count). The molecule has 166 valence electrons. The fourth-order valence-corrected chi connectivity index (χ4v) is 5.72. The third-order valence-corrected chi connectivity index (χ3v) is 7.61. The molecule has 0 atom stereocenters. The summed E-state index contributed by atoms with van der Waals surface area (Å²) in [5, 5.41) is 13.8. The minimum absolute atomic E-state index is 0.344. The molecule has 1 aliphatic carbocycles. The van der Waals surface area contributed by atoms with Crippen LogP contribution in [0.1, 0.15) is 31.2 Å². The average Bonchev–Trinajstić information content (AvgIpc) is 3.51. The maximum absolute atomic E-state index is 13.5. The second-order valence-electron chi connectivity index (χ2n) is 8.77. The summed E-state index contributed by atoms with van der Waals surface area (Å²) in [5.74, 6) is 2.20. The summed E-state index contributed by atoms with van der Waals surface area (Å²) >= 11 is 1.94. The van der Waals surface area contributed by atoms with E-state index in [9.17, 15) is 18.4 Å². The van der Waals surface area contributed by atoms with E-state index in [0.29, 0.717) is 17.3 Å². The number of benzene rings is 2. The number of rotatable bonds is 5. The number of alkyl halides is 3. The number of fused-ring (bicyclic) bond motifs is 1. The van der Waals surface area contributed by atoms with Crippen molar-refractivity contribution in [3.05, 3.63) is 54.1 Å². The molecule has 0 amide bonds. The van der Waals surface area contributed by atoms with Crippen molar-refractivity contribution < 1.29 is 13.2 Å². The molecule has 3 aromatic rings. The average molecular weight is 456 g/mol. The second-order valence-corrected chi connectivity index (χ2v) is 10.00. The van der Waals surface area contributed by atoms with Crippen LogP contribution in [-0.2, 0) is 12.0 Å². The van der Waals surface area contributed by atoms with Crippen LogP contribution in [0.5, 0.6) is 0 Å². The standard InChI is InChI=1S/C25H24F3N3S/c26-25(27,28)16-31-22-3-1-2-21(30-19-8-12-32-13-9-19)20(22)14-23(31)17-4-6-18(7-5-17)24(15-29)10-11-24/h1-7,14,19,30H,8-13,16H2. The smallest absolute Gasteiger partial charge is 0.382 e. The van der Waals surface area contributed by atoms with E-state index in [2.05, 4.69) is 11.4 Å². The van der Waals surface area contributed by atoms with Gasteiger partial charge in [0.1, 0.15) is 6.54 Å². The van der Waals surface area contributed by atoms with Gasteiger partial charge in [0.15, 0.2) is 0 Å². The van der Waals surface area contributed by atoms with Gasteiger partial charge in [0.05, 0.1) is 17.0 Å². The van der Waals surface area contributed by atoms with Gasteiger partial charge in [-0.25, -0.2) is 0 Å². The number of nitrogens with one attached hydrogen (secondary N) is 1. The summed E-state index contributed by atoms with van der Waals surface area (Å²) in [7, 11) is 0. The lowest BCUT2D eigenvalue weighted by molar-refractivity contribution is -0.139. The van der Waals surface area contributed by atoms with E-state index in [-0.39, 0.29) is 0 Å². The van der Waals surface area contributed by atoms with E-state index in [1.54, 1.807) is 6.07 Å². The predicted molar refractivity (Wildman–Crippen MR) is 124 cm³/mol. The first kappa shape index (κ1) is 21.3. The highest BCUT2D eigenvalue weighted by molar-refractivity contribution is 7.99. The van der Waals surface area contributed by atoms with Crippen molar-refractivity contribution in [2.75, 3.05) is 16.8 Å². The number of nitriles is 1. The van der Waals surface area contributed by atoms with Crippen LogP contribution >= 0.6 is 11.8 Å². The van der Waals surface area contributed by atoms with Crippen molar-refractivity contribution in [2.24, 2.45) is 0 Å². The Balaban J connectivity index is 1.57. The Kier molecular flexibility index (Phi) is 5.37. The van der Waals surface area contributed by atoms with E-state index in [1.807, 2.05) is 54.2 Å². The molecule has 1 saturated heterocycles. The first-order valence-electron chi connectivity index (χ1n) is 10.9. The van der Waals surface area contributed by atoms with Crippen LogP contribution in [0, 0.1) is 11.3 Å². The molecule has 1 aliphatic heterocycles. The lowest BCUT2D eigenvalue weighted by atomic mass is 9.96. The number of nitrogens with zero attached hydrogens (tertiary/aromatic N) is 2. The Hall–Kier alpha value is -2.59. The topological polar surface area (TPSA) is 40.8 Å². The quantitative estimate of drug-likeness (QED) is 0.464. The van der Waals surface area contributed by atoms with Crippen LogP contribution in [0.4, 0.5) is 18.9 Å². The van der Waals surface area contributed by atoms with Crippen molar-refractivity contribution >= 4 is 28.4 Å². The Bertz CT molecular complexity index is 1160. The lowest BCUT2D eigenvalue weighted by Crippen LogP contribution is -2.24. The molecule has 2 heterocycles. The molecule has 1 N–H and O–H groups in total. The van der Waals surface area contributed by atoms with Crippen molar-refractivity contribution in [3.8, 4) is 17.3 Å². The number of aromatic nitrogens is 1. The molecule has 0 spiro atoms. The van der Waals surface area contributed by atoms with Gasteiger partial charge >= 0.3 is 6.18 Å². The van der Waals surface area contributed by atoms with E-state index in [4.69, 9.17) is 0 Å². The van der Waals surface area contributed by atoms with Gasteiger partial charge in [-0.1, -0.05) is 30.3 Å².